The van der Waals surface area contributed by atoms with Crippen molar-refractivity contribution >= 4 is 22.5 Å². The minimum absolute atomic E-state index is 0.135. The van der Waals surface area contributed by atoms with Gasteiger partial charge in [-0.15, -0.1) is 0 Å². The minimum atomic E-state index is -1.20. The maximum Gasteiger partial charge on any atom is 0.352 e. The van der Waals surface area contributed by atoms with Crippen molar-refractivity contribution in [2.24, 2.45) is 7.05 Å². The summed E-state index contributed by atoms with van der Waals surface area (Å²) in [7, 11) is 1.40. The van der Waals surface area contributed by atoms with Crippen LogP contribution in [-0.2, 0) is 7.05 Å². The van der Waals surface area contributed by atoms with Crippen LogP contribution in [0.15, 0.2) is 23.0 Å². The topological polar surface area (TPSA) is 76.4 Å². The van der Waals surface area contributed by atoms with E-state index in [1.165, 1.54) is 20.0 Å². The van der Waals surface area contributed by atoms with E-state index in [2.05, 4.69) is 0 Å². The molecule has 0 aliphatic rings. The van der Waals surface area contributed by atoms with Gasteiger partial charge in [-0.1, -0.05) is 0 Å². The van der Waals surface area contributed by atoms with Crippen molar-refractivity contribution in [3.63, 3.8) is 0 Å². The third-order valence-electron chi connectivity index (χ3n) is 3.10. The first-order chi connectivity index (χ1) is 8.82. The Labute approximate surface area is 109 Å². The highest BCUT2D eigenvalue weighted by molar-refractivity contribution is 6.08. The molecule has 2 rings (SSSR count). The number of ketones is 1. The zero-order valence-electron chi connectivity index (χ0n) is 10.9. The summed E-state index contributed by atoms with van der Waals surface area (Å²) in [5.41, 5.74) is 0.609. The van der Waals surface area contributed by atoms with Gasteiger partial charge < -0.3 is 9.67 Å². The SMILES string of the molecule is CC(=O)c1cc(C)cc2c(=O)n(C)c(C(=O)O)cc12. The summed E-state index contributed by atoms with van der Waals surface area (Å²) in [6.45, 7) is 3.18. The lowest BCUT2D eigenvalue weighted by molar-refractivity contribution is 0.0685. The van der Waals surface area contributed by atoms with E-state index >= 15 is 0 Å². The molecule has 0 saturated carbocycles. The molecule has 0 radical (unpaired) electrons. The summed E-state index contributed by atoms with van der Waals surface area (Å²) in [6.07, 6.45) is 0. The van der Waals surface area contributed by atoms with Crippen molar-refractivity contribution in [3.05, 3.63) is 45.4 Å². The number of carboxylic acids is 1. The van der Waals surface area contributed by atoms with Crippen molar-refractivity contribution in [1.29, 1.82) is 0 Å². The van der Waals surface area contributed by atoms with Crippen LogP contribution < -0.4 is 5.56 Å². The number of hydrogen-bond acceptors (Lipinski definition) is 3. The number of aromatic carboxylic acids is 1. The van der Waals surface area contributed by atoms with Crippen LogP contribution in [0.5, 0.6) is 0 Å². The van der Waals surface area contributed by atoms with E-state index in [0.29, 0.717) is 16.3 Å². The van der Waals surface area contributed by atoms with Gasteiger partial charge in [-0.2, -0.15) is 0 Å². The Morgan fingerprint density at radius 2 is 1.79 bits per heavy atom. The zero-order valence-corrected chi connectivity index (χ0v) is 10.9. The second-order valence-electron chi connectivity index (χ2n) is 4.53. The number of Topliss-reactive ketones (excluding diaryl/α,β-unsaturated/α-hetero) is 1. The molecular weight excluding hydrogens is 246 g/mol. The van der Waals surface area contributed by atoms with Crippen LogP contribution in [0.2, 0.25) is 0 Å². The van der Waals surface area contributed by atoms with Gasteiger partial charge in [-0.25, -0.2) is 4.79 Å². The molecule has 2 aromatic rings. The standard InChI is InChI=1S/C14H13NO4/c1-7-4-9(8(2)16)10-6-12(14(18)19)15(3)13(17)11(10)5-7/h4-6H,1-3H3,(H,18,19). The summed E-state index contributed by atoms with van der Waals surface area (Å²) in [5.74, 6) is -1.39. The molecule has 19 heavy (non-hydrogen) atoms. The number of carboxylic acid groups (broad SMARTS) is 1. The van der Waals surface area contributed by atoms with Crippen LogP contribution in [0.1, 0.15) is 33.3 Å². The monoisotopic (exact) mass is 259 g/mol. The molecule has 0 unspecified atom stereocenters. The van der Waals surface area contributed by atoms with Crippen molar-refractivity contribution in [1.82, 2.24) is 4.57 Å². The summed E-state index contributed by atoms with van der Waals surface area (Å²) in [5, 5.41) is 9.84. The minimum Gasteiger partial charge on any atom is -0.477 e. The Morgan fingerprint density at radius 3 is 2.32 bits per heavy atom. The first kappa shape index (κ1) is 13.0. The number of nitrogens with zero attached hydrogens (tertiary/aromatic N) is 1. The number of aryl methyl sites for hydroxylation is 1. The second kappa shape index (κ2) is 4.35. The summed E-state index contributed by atoms with van der Waals surface area (Å²) >= 11 is 0. The molecule has 1 heterocycles. The molecule has 0 aliphatic carbocycles. The molecule has 5 heteroatoms. The highest BCUT2D eigenvalue weighted by Crippen LogP contribution is 2.20. The third kappa shape index (κ3) is 2.03. The van der Waals surface area contributed by atoms with E-state index in [1.54, 1.807) is 19.1 Å². The van der Waals surface area contributed by atoms with Gasteiger partial charge in [0.2, 0.25) is 0 Å². The van der Waals surface area contributed by atoms with Gasteiger partial charge in [0.05, 0.1) is 0 Å². The van der Waals surface area contributed by atoms with Crippen LogP contribution in [0.3, 0.4) is 0 Å². The Kier molecular flexibility index (Phi) is 2.98. The van der Waals surface area contributed by atoms with Gasteiger partial charge in [0, 0.05) is 23.4 Å². The quantitative estimate of drug-likeness (QED) is 0.833. The van der Waals surface area contributed by atoms with Crippen LogP contribution >= 0.6 is 0 Å². The molecule has 0 saturated heterocycles. The molecule has 0 atom stereocenters. The van der Waals surface area contributed by atoms with Gasteiger partial charge in [0.1, 0.15) is 5.69 Å². The fraction of sp³-hybridized carbons (Fsp3) is 0.214. The summed E-state index contributed by atoms with van der Waals surface area (Å²) in [6, 6.07) is 4.70. The van der Waals surface area contributed by atoms with E-state index in [-0.39, 0.29) is 11.5 Å². The Bertz CT molecular complexity index is 771. The molecule has 0 spiro atoms. The highest BCUT2D eigenvalue weighted by Gasteiger charge is 2.16. The molecule has 98 valence electrons. The molecular formula is C14H13NO4. The van der Waals surface area contributed by atoms with E-state index in [0.717, 1.165) is 10.1 Å². The number of carbonyl (C=O) groups excluding carboxylic acids is 1. The molecule has 1 aromatic carbocycles. The van der Waals surface area contributed by atoms with Gasteiger partial charge in [-0.3, -0.25) is 9.59 Å². The first-order valence-corrected chi connectivity index (χ1v) is 5.71. The zero-order chi connectivity index (χ0) is 14.3. The molecule has 1 aromatic heterocycles. The average Bonchev–Trinajstić information content (AvgIpc) is 2.32. The third-order valence-corrected chi connectivity index (χ3v) is 3.10. The molecule has 1 N–H and O–H groups in total. The van der Waals surface area contributed by atoms with Gasteiger partial charge in [-0.05, 0) is 37.6 Å². The maximum absolute atomic E-state index is 12.2. The molecule has 0 amide bonds. The van der Waals surface area contributed by atoms with Crippen LogP contribution in [0, 0.1) is 6.92 Å². The highest BCUT2D eigenvalue weighted by atomic mass is 16.4. The first-order valence-electron chi connectivity index (χ1n) is 5.71. The molecule has 0 fully saturated rings. The smallest absolute Gasteiger partial charge is 0.352 e. The van der Waals surface area contributed by atoms with E-state index in [4.69, 9.17) is 5.11 Å². The number of rotatable bonds is 2. The lowest BCUT2D eigenvalue weighted by atomic mass is 9.99. The van der Waals surface area contributed by atoms with E-state index < -0.39 is 11.5 Å². The Morgan fingerprint density at radius 1 is 1.16 bits per heavy atom. The number of hydrogen-bond donors (Lipinski definition) is 1. The number of pyridine rings is 1. The molecule has 0 bridgehead atoms. The summed E-state index contributed by atoms with van der Waals surface area (Å²) in [4.78, 5) is 34.9. The lowest BCUT2D eigenvalue weighted by Gasteiger charge is -2.10. The second-order valence-corrected chi connectivity index (χ2v) is 4.53. The number of benzene rings is 1. The number of fused-ring (bicyclic) bond motifs is 1. The van der Waals surface area contributed by atoms with Crippen molar-refractivity contribution in [2.75, 3.05) is 0 Å². The van der Waals surface area contributed by atoms with Gasteiger partial charge >= 0.3 is 5.97 Å². The predicted molar refractivity (Wildman–Crippen MR) is 70.9 cm³/mol. The van der Waals surface area contributed by atoms with Crippen molar-refractivity contribution in [3.8, 4) is 0 Å². The number of aromatic nitrogens is 1. The normalized spacial score (nSPS) is 10.7. The van der Waals surface area contributed by atoms with Crippen LogP contribution in [0.4, 0.5) is 0 Å². The Balaban J connectivity index is 3.05. The summed E-state index contributed by atoms with van der Waals surface area (Å²) < 4.78 is 1.08. The van der Waals surface area contributed by atoms with Crippen molar-refractivity contribution in [2.45, 2.75) is 13.8 Å². The predicted octanol–water partition coefficient (Wildman–Crippen LogP) is 1.75. The van der Waals surface area contributed by atoms with E-state index in [1.807, 2.05) is 0 Å². The lowest BCUT2D eigenvalue weighted by Crippen LogP contribution is -2.23. The number of carbonyl (C=O) groups is 2. The van der Waals surface area contributed by atoms with Crippen LogP contribution in [-0.4, -0.2) is 21.4 Å². The Hall–Kier alpha value is -2.43. The average molecular weight is 259 g/mol. The van der Waals surface area contributed by atoms with E-state index in [9.17, 15) is 14.4 Å². The fourth-order valence-electron chi connectivity index (χ4n) is 2.15. The van der Waals surface area contributed by atoms with Crippen LogP contribution in [0.25, 0.3) is 10.8 Å². The van der Waals surface area contributed by atoms with Gasteiger partial charge in [0.25, 0.3) is 5.56 Å². The largest absolute Gasteiger partial charge is 0.477 e. The van der Waals surface area contributed by atoms with Crippen molar-refractivity contribution < 1.29 is 14.7 Å². The molecule has 5 nitrogen and oxygen atoms in total. The maximum atomic E-state index is 12.2. The molecule has 0 aliphatic heterocycles. The fourth-order valence-corrected chi connectivity index (χ4v) is 2.15. The van der Waals surface area contributed by atoms with Gasteiger partial charge in [0.15, 0.2) is 5.78 Å².